The van der Waals surface area contributed by atoms with E-state index < -0.39 is 6.03 Å². The van der Waals surface area contributed by atoms with Crippen molar-refractivity contribution in [3.8, 4) is 0 Å². The van der Waals surface area contributed by atoms with Gasteiger partial charge in [-0.3, -0.25) is 4.79 Å². The Hall–Kier alpha value is -2.04. The van der Waals surface area contributed by atoms with E-state index in [-0.39, 0.29) is 11.8 Å². The molecule has 0 saturated carbocycles. The maximum absolute atomic E-state index is 12.0. The molecular weight excluding hydrogens is 254 g/mol. The number of benzene rings is 1. The molecule has 1 heterocycles. The molecule has 0 spiro atoms. The van der Waals surface area contributed by atoms with Crippen LogP contribution >= 0.6 is 0 Å². The highest BCUT2D eigenvalue weighted by molar-refractivity contribution is 5.87. The average Bonchev–Trinajstić information content (AvgIpc) is 2.87. The Bertz CT molecular complexity index is 496. The van der Waals surface area contributed by atoms with Crippen molar-refractivity contribution in [1.29, 1.82) is 0 Å². The summed E-state index contributed by atoms with van der Waals surface area (Å²) in [5.41, 5.74) is 6.95. The van der Waals surface area contributed by atoms with E-state index in [1.807, 2.05) is 43.0 Å². The van der Waals surface area contributed by atoms with Gasteiger partial charge in [-0.05, 0) is 24.1 Å². The number of anilines is 1. The van der Waals surface area contributed by atoms with E-state index in [0.717, 1.165) is 19.5 Å². The number of nitrogens with one attached hydrogen (secondary N) is 1. The van der Waals surface area contributed by atoms with Gasteiger partial charge in [0, 0.05) is 30.6 Å². The van der Waals surface area contributed by atoms with Crippen molar-refractivity contribution in [1.82, 2.24) is 4.90 Å². The van der Waals surface area contributed by atoms with Crippen LogP contribution in [-0.2, 0) is 4.79 Å². The highest BCUT2D eigenvalue weighted by atomic mass is 16.2. The lowest BCUT2D eigenvalue weighted by Crippen LogP contribution is -2.31. The SMILES string of the molecule is CC(C)C(=O)N1CCC(c2ccc(NC(N)=O)cc2)C1. The summed E-state index contributed by atoms with van der Waals surface area (Å²) in [6.45, 7) is 5.46. The fourth-order valence-electron chi connectivity index (χ4n) is 2.58. The van der Waals surface area contributed by atoms with Crippen LogP contribution in [0, 0.1) is 5.92 Å². The van der Waals surface area contributed by atoms with E-state index in [1.54, 1.807) is 0 Å². The van der Waals surface area contributed by atoms with Crippen molar-refractivity contribution < 1.29 is 9.59 Å². The molecule has 0 bridgehead atoms. The van der Waals surface area contributed by atoms with Gasteiger partial charge in [0.25, 0.3) is 0 Å². The molecular formula is C15H21N3O2. The second-order valence-corrected chi connectivity index (χ2v) is 5.54. The summed E-state index contributed by atoms with van der Waals surface area (Å²) in [4.78, 5) is 24.7. The minimum absolute atomic E-state index is 0.0518. The van der Waals surface area contributed by atoms with E-state index in [4.69, 9.17) is 5.73 Å². The van der Waals surface area contributed by atoms with Crippen molar-refractivity contribution in [2.24, 2.45) is 11.7 Å². The first-order valence-corrected chi connectivity index (χ1v) is 6.92. The van der Waals surface area contributed by atoms with Gasteiger partial charge in [-0.1, -0.05) is 26.0 Å². The summed E-state index contributed by atoms with van der Waals surface area (Å²) in [5.74, 6) is 0.649. The van der Waals surface area contributed by atoms with Gasteiger partial charge in [0.05, 0.1) is 0 Å². The van der Waals surface area contributed by atoms with E-state index >= 15 is 0 Å². The molecule has 1 unspecified atom stereocenters. The van der Waals surface area contributed by atoms with Gasteiger partial charge < -0.3 is 16.0 Å². The molecule has 1 saturated heterocycles. The molecule has 5 nitrogen and oxygen atoms in total. The lowest BCUT2D eigenvalue weighted by Gasteiger charge is -2.19. The Kier molecular flexibility index (Phi) is 4.27. The second-order valence-electron chi connectivity index (χ2n) is 5.54. The smallest absolute Gasteiger partial charge is 0.316 e. The lowest BCUT2D eigenvalue weighted by atomic mass is 9.98. The summed E-state index contributed by atoms with van der Waals surface area (Å²) < 4.78 is 0. The highest BCUT2D eigenvalue weighted by Gasteiger charge is 2.28. The molecule has 3 amide bonds. The van der Waals surface area contributed by atoms with Gasteiger partial charge in [0.2, 0.25) is 5.91 Å². The molecule has 0 radical (unpaired) electrons. The summed E-state index contributed by atoms with van der Waals surface area (Å²) >= 11 is 0. The largest absolute Gasteiger partial charge is 0.351 e. The number of nitrogens with two attached hydrogens (primary N) is 1. The Morgan fingerprint density at radius 2 is 1.95 bits per heavy atom. The fourth-order valence-corrected chi connectivity index (χ4v) is 2.58. The first kappa shape index (κ1) is 14.4. The van der Waals surface area contributed by atoms with Crippen molar-refractivity contribution in [3.05, 3.63) is 29.8 Å². The third-order valence-corrected chi connectivity index (χ3v) is 3.64. The number of likely N-dealkylation sites (tertiary alicyclic amines) is 1. The van der Waals surface area contributed by atoms with Crippen LogP contribution in [0.3, 0.4) is 0 Å². The number of carbonyl (C=O) groups excluding carboxylic acids is 2. The number of amides is 3. The number of nitrogens with zero attached hydrogens (tertiary/aromatic N) is 1. The summed E-state index contributed by atoms with van der Waals surface area (Å²) in [6, 6.07) is 7.09. The maximum Gasteiger partial charge on any atom is 0.316 e. The molecule has 1 aliphatic rings. The van der Waals surface area contributed by atoms with Crippen LogP contribution in [0.25, 0.3) is 0 Å². The third kappa shape index (κ3) is 3.29. The Morgan fingerprint density at radius 3 is 2.50 bits per heavy atom. The van der Waals surface area contributed by atoms with E-state index in [9.17, 15) is 9.59 Å². The van der Waals surface area contributed by atoms with Gasteiger partial charge in [-0.2, -0.15) is 0 Å². The molecule has 0 aliphatic carbocycles. The number of primary amides is 1. The first-order chi connectivity index (χ1) is 9.47. The van der Waals surface area contributed by atoms with Gasteiger partial charge in [0.1, 0.15) is 0 Å². The number of rotatable bonds is 3. The van der Waals surface area contributed by atoms with Crippen LogP contribution in [0.4, 0.5) is 10.5 Å². The molecule has 1 aromatic rings. The summed E-state index contributed by atoms with van der Waals surface area (Å²) in [6.07, 6.45) is 0.987. The minimum atomic E-state index is -0.563. The van der Waals surface area contributed by atoms with E-state index in [2.05, 4.69) is 5.32 Å². The van der Waals surface area contributed by atoms with Crippen molar-refractivity contribution >= 4 is 17.6 Å². The predicted octanol–water partition coefficient (Wildman–Crippen LogP) is 2.15. The maximum atomic E-state index is 12.0. The van der Waals surface area contributed by atoms with E-state index in [1.165, 1.54) is 5.56 Å². The predicted molar refractivity (Wildman–Crippen MR) is 78.4 cm³/mol. The van der Waals surface area contributed by atoms with Gasteiger partial charge in [0.15, 0.2) is 0 Å². The molecule has 5 heteroatoms. The Morgan fingerprint density at radius 1 is 1.30 bits per heavy atom. The van der Waals surface area contributed by atoms with Gasteiger partial charge in [-0.15, -0.1) is 0 Å². The van der Waals surface area contributed by atoms with Crippen LogP contribution in [0.1, 0.15) is 31.7 Å². The highest BCUT2D eigenvalue weighted by Crippen LogP contribution is 2.28. The van der Waals surface area contributed by atoms with Crippen LogP contribution in [-0.4, -0.2) is 29.9 Å². The number of hydrogen-bond acceptors (Lipinski definition) is 2. The quantitative estimate of drug-likeness (QED) is 0.886. The number of urea groups is 1. The van der Waals surface area contributed by atoms with E-state index in [0.29, 0.717) is 11.6 Å². The fraction of sp³-hybridized carbons (Fsp3) is 0.467. The van der Waals surface area contributed by atoms with Gasteiger partial charge in [-0.25, -0.2) is 4.79 Å². The zero-order chi connectivity index (χ0) is 14.7. The lowest BCUT2D eigenvalue weighted by molar-refractivity contribution is -0.133. The van der Waals surface area contributed by atoms with Crippen molar-refractivity contribution in [2.45, 2.75) is 26.2 Å². The van der Waals surface area contributed by atoms with Crippen LogP contribution in [0.15, 0.2) is 24.3 Å². The molecule has 3 N–H and O–H groups in total. The van der Waals surface area contributed by atoms with Gasteiger partial charge >= 0.3 is 6.03 Å². The topological polar surface area (TPSA) is 75.4 Å². The van der Waals surface area contributed by atoms with Crippen LogP contribution in [0.2, 0.25) is 0 Å². The Labute approximate surface area is 119 Å². The van der Waals surface area contributed by atoms with Crippen LogP contribution in [0.5, 0.6) is 0 Å². The first-order valence-electron chi connectivity index (χ1n) is 6.92. The van der Waals surface area contributed by atoms with Crippen molar-refractivity contribution in [3.63, 3.8) is 0 Å². The monoisotopic (exact) mass is 275 g/mol. The Balaban J connectivity index is 1.99. The number of hydrogen-bond donors (Lipinski definition) is 2. The average molecular weight is 275 g/mol. The van der Waals surface area contributed by atoms with Crippen LogP contribution < -0.4 is 11.1 Å². The third-order valence-electron chi connectivity index (χ3n) is 3.64. The molecule has 1 aromatic carbocycles. The summed E-state index contributed by atoms with van der Waals surface area (Å²) in [7, 11) is 0. The minimum Gasteiger partial charge on any atom is -0.351 e. The molecule has 108 valence electrons. The molecule has 1 atom stereocenters. The normalized spacial score (nSPS) is 18.4. The molecule has 0 aromatic heterocycles. The zero-order valence-corrected chi connectivity index (χ0v) is 11.9. The zero-order valence-electron chi connectivity index (χ0n) is 11.9. The standard InChI is InChI=1S/C15H21N3O2/c1-10(2)14(19)18-8-7-12(9-18)11-3-5-13(6-4-11)17-15(16)20/h3-6,10,12H,7-9H2,1-2H3,(H3,16,17,20). The molecule has 1 fully saturated rings. The van der Waals surface area contributed by atoms with Crippen molar-refractivity contribution in [2.75, 3.05) is 18.4 Å². The summed E-state index contributed by atoms with van der Waals surface area (Å²) in [5, 5.41) is 2.54. The number of carbonyl (C=O) groups is 2. The molecule has 1 aliphatic heterocycles. The molecule has 2 rings (SSSR count). The second kappa shape index (κ2) is 5.94. The molecule has 20 heavy (non-hydrogen) atoms.